The standard InChI is InChI=1S/C21H40O5Si2/c1-16(25-27(8,9)20(2,3)4)24-18-13-12-17(23-15-18)14-19(22)26-28(10,11)21(5,6)7/h12-13,17-18H,1,14-15H2,2-11H3/t17-,18+/m1/s1. The lowest BCUT2D eigenvalue weighted by atomic mass is 10.1. The molecule has 0 fully saturated rings. The van der Waals surface area contributed by atoms with Crippen LogP contribution >= 0.6 is 0 Å². The van der Waals surface area contributed by atoms with E-state index in [0.29, 0.717) is 12.6 Å². The molecule has 0 saturated heterocycles. The first-order valence-corrected chi connectivity index (χ1v) is 15.8. The van der Waals surface area contributed by atoms with E-state index in [0.717, 1.165) is 0 Å². The third-order valence-corrected chi connectivity index (χ3v) is 14.7. The lowest BCUT2D eigenvalue weighted by Crippen LogP contribution is -2.43. The van der Waals surface area contributed by atoms with Gasteiger partial charge in [-0.05, 0) is 48.9 Å². The highest BCUT2D eigenvalue weighted by molar-refractivity contribution is 6.75. The molecule has 0 N–H and O–H groups in total. The van der Waals surface area contributed by atoms with Crippen molar-refractivity contribution in [2.45, 2.75) is 96.4 Å². The van der Waals surface area contributed by atoms with Crippen LogP contribution in [0.15, 0.2) is 24.7 Å². The summed E-state index contributed by atoms with van der Waals surface area (Å²) in [5.74, 6) is 0.131. The van der Waals surface area contributed by atoms with Crippen molar-refractivity contribution in [1.82, 2.24) is 0 Å². The Kier molecular flexibility index (Phi) is 7.81. The highest BCUT2D eigenvalue weighted by Gasteiger charge is 2.41. The predicted octanol–water partition coefficient (Wildman–Crippen LogP) is 5.76. The fraction of sp³-hybridized carbons (Fsp3) is 0.762. The molecular weight excluding hydrogens is 388 g/mol. The van der Waals surface area contributed by atoms with E-state index in [9.17, 15) is 4.79 Å². The topological polar surface area (TPSA) is 54.0 Å². The average molecular weight is 429 g/mol. The molecule has 1 rings (SSSR count). The molecule has 5 nitrogen and oxygen atoms in total. The Balaban J connectivity index is 2.53. The molecule has 0 unspecified atom stereocenters. The van der Waals surface area contributed by atoms with Crippen molar-refractivity contribution in [3.05, 3.63) is 24.7 Å². The predicted molar refractivity (Wildman–Crippen MR) is 119 cm³/mol. The molecular formula is C21H40O5Si2. The van der Waals surface area contributed by atoms with E-state index in [4.69, 9.17) is 18.3 Å². The van der Waals surface area contributed by atoms with Gasteiger partial charge < -0.3 is 18.3 Å². The summed E-state index contributed by atoms with van der Waals surface area (Å²) in [7, 11) is -4.08. The molecule has 0 radical (unpaired) electrons. The van der Waals surface area contributed by atoms with E-state index in [1.807, 2.05) is 12.2 Å². The Morgan fingerprint density at radius 3 is 1.93 bits per heavy atom. The summed E-state index contributed by atoms with van der Waals surface area (Å²) < 4.78 is 23.4. The highest BCUT2D eigenvalue weighted by atomic mass is 28.4. The van der Waals surface area contributed by atoms with Crippen LogP contribution in [0.1, 0.15) is 48.0 Å². The number of rotatable bonds is 7. The largest absolute Gasteiger partial charge is 0.519 e. The molecule has 0 amide bonds. The zero-order valence-corrected chi connectivity index (χ0v) is 21.5. The second-order valence-corrected chi connectivity index (χ2v) is 20.0. The molecule has 1 heterocycles. The third kappa shape index (κ3) is 7.08. The number of hydrogen-bond donors (Lipinski definition) is 0. The van der Waals surface area contributed by atoms with E-state index in [1.54, 1.807) is 0 Å². The number of hydrogen-bond acceptors (Lipinski definition) is 5. The second kappa shape index (κ2) is 8.75. The molecule has 0 aliphatic carbocycles. The second-order valence-electron chi connectivity index (χ2n) is 10.6. The smallest absolute Gasteiger partial charge is 0.295 e. The van der Waals surface area contributed by atoms with Crippen LogP contribution in [0.5, 0.6) is 0 Å². The van der Waals surface area contributed by atoms with Crippen molar-refractivity contribution in [1.29, 1.82) is 0 Å². The van der Waals surface area contributed by atoms with Crippen LogP contribution in [0.2, 0.25) is 36.3 Å². The van der Waals surface area contributed by atoms with Gasteiger partial charge in [0, 0.05) is 0 Å². The van der Waals surface area contributed by atoms with Gasteiger partial charge in [0.2, 0.25) is 0 Å². The number of ether oxygens (including phenoxy) is 2. The Morgan fingerprint density at radius 2 is 1.50 bits per heavy atom. The van der Waals surface area contributed by atoms with Crippen LogP contribution in [-0.2, 0) is 23.1 Å². The first kappa shape index (κ1) is 25.0. The highest BCUT2D eigenvalue weighted by Crippen LogP contribution is 2.38. The van der Waals surface area contributed by atoms with Gasteiger partial charge in [-0.1, -0.05) is 47.6 Å². The summed E-state index contributed by atoms with van der Waals surface area (Å²) in [4.78, 5) is 12.3. The summed E-state index contributed by atoms with van der Waals surface area (Å²) in [6.07, 6.45) is 3.45. The number of carbonyl (C=O) groups excluding carboxylic acids is 1. The lowest BCUT2D eigenvalue weighted by molar-refractivity contribution is -0.138. The minimum atomic E-state index is -2.10. The van der Waals surface area contributed by atoms with Crippen LogP contribution in [0.25, 0.3) is 0 Å². The van der Waals surface area contributed by atoms with E-state index < -0.39 is 16.6 Å². The van der Waals surface area contributed by atoms with Gasteiger partial charge in [0.05, 0.1) is 19.1 Å². The van der Waals surface area contributed by atoms with Crippen LogP contribution in [0.3, 0.4) is 0 Å². The Labute approximate surface area is 173 Å². The molecule has 28 heavy (non-hydrogen) atoms. The van der Waals surface area contributed by atoms with Crippen molar-refractivity contribution >= 4 is 22.6 Å². The van der Waals surface area contributed by atoms with Gasteiger partial charge in [-0.3, -0.25) is 4.79 Å². The quantitative estimate of drug-likeness (QED) is 0.293. The fourth-order valence-electron chi connectivity index (χ4n) is 2.05. The third-order valence-electron chi connectivity index (χ3n) is 6.02. The van der Waals surface area contributed by atoms with Gasteiger partial charge in [-0.25, -0.2) is 0 Å². The van der Waals surface area contributed by atoms with Gasteiger partial charge >= 0.3 is 0 Å². The zero-order chi connectivity index (χ0) is 22.0. The Morgan fingerprint density at radius 1 is 1.00 bits per heavy atom. The summed E-state index contributed by atoms with van der Waals surface area (Å²) >= 11 is 0. The van der Waals surface area contributed by atoms with Crippen LogP contribution in [0.4, 0.5) is 0 Å². The molecule has 0 aromatic carbocycles. The van der Waals surface area contributed by atoms with Crippen LogP contribution in [0, 0.1) is 0 Å². The Hall–Kier alpha value is -1.06. The van der Waals surface area contributed by atoms with Crippen molar-refractivity contribution in [3.63, 3.8) is 0 Å². The average Bonchev–Trinajstić information content (AvgIpc) is 2.45. The first-order chi connectivity index (χ1) is 12.4. The maximum atomic E-state index is 12.3. The molecule has 2 atom stereocenters. The van der Waals surface area contributed by atoms with Gasteiger partial charge in [0.1, 0.15) is 6.10 Å². The van der Waals surface area contributed by atoms with E-state index in [2.05, 4.69) is 74.3 Å². The van der Waals surface area contributed by atoms with Gasteiger partial charge in [0.15, 0.2) is 0 Å². The minimum absolute atomic E-state index is 0.00460. The normalized spacial score (nSPS) is 21.2. The molecule has 0 aromatic heterocycles. The summed E-state index contributed by atoms with van der Waals surface area (Å²) in [5, 5.41) is 0.0726. The molecule has 0 bridgehead atoms. The number of carbonyl (C=O) groups is 1. The van der Waals surface area contributed by atoms with Crippen molar-refractivity contribution < 1.29 is 23.1 Å². The molecule has 7 heteroatoms. The van der Waals surface area contributed by atoms with Gasteiger partial charge in [-0.15, -0.1) is 0 Å². The fourth-order valence-corrected chi connectivity index (χ4v) is 3.93. The van der Waals surface area contributed by atoms with Crippen molar-refractivity contribution in [2.24, 2.45) is 0 Å². The monoisotopic (exact) mass is 428 g/mol. The Bertz CT molecular complexity index is 545. The zero-order valence-electron chi connectivity index (χ0n) is 19.5. The first-order valence-electron chi connectivity index (χ1n) is 10.0. The SMILES string of the molecule is C=C(O[C@H]1C=C[C@H](CC(=O)O[Si](C)(C)C(C)(C)C)OC1)O[Si](C)(C)C(C)(C)C. The van der Waals surface area contributed by atoms with Crippen molar-refractivity contribution in [3.8, 4) is 0 Å². The summed E-state index contributed by atoms with van der Waals surface area (Å²) in [6, 6.07) is 0. The molecule has 162 valence electrons. The van der Waals surface area contributed by atoms with Crippen molar-refractivity contribution in [2.75, 3.05) is 6.61 Å². The van der Waals surface area contributed by atoms with E-state index >= 15 is 0 Å². The molecule has 0 saturated carbocycles. The van der Waals surface area contributed by atoms with E-state index in [1.165, 1.54) is 0 Å². The van der Waals surface area contributed by atoms with Crippen LogP contribution < -0.4 is 0 Å². The van der Waals surface area contributed by atoms with Crippen LogP contribution in [-0.4, -0.2) is 41.4 Å². The van der Waals surface area contributed by atoms with E-state index in [-0.39, 0.29) is 34.7 Å². The molecule has 0 spiro atoms. The maximum absolute atomic E-state index is 12.3. The van der Waals surface area contributed by atoms with Gasteiger partial charge in [0.25, 0.3) is 28.5 Å². The summed E-state index contributed by atoms with van der Waals surface area (Å²) in [5.41, 5.74) is 0. The maximum Gasteiger partial charge on any atom is 0.295 e. The summed E-state index contributed by atoms with van der Waals surface area (Å²) in [6.45, 7) is 25.6. The minimum Gasteiger partial charge on any atom is -0.519 e. The lowest BCUT2D eigenvalue weighted by Gasteiger charge is -2.37. The molecule has 0 aromatic rings. The molecule has 1 aliphatic rings. The molecule has 1 aliphatic heterocycles. The van der Waals surface area contributed by atoms with Gasteiger partial charge in [-0.2, -0.15) is 0 Å².